The van der Waals surface area contributed by atoms with Crippen LogP contribution in [0.5, 0.6) is 0 Å². The molecule has 18 N–H and O–H groups in total. The summed E-state index contributed by atoms with van der Waals surface area (Å²) in [6.45, 7) is 20.2. The highest BCUT2D eigenvalue weighted by Crippen LogP contribution is 2.57. The molecular formula is C93H152O38P2-2. The van der Waals surface area contributed by atoms with Gasteiger partial charge in [-0.1, -0.05) is 128 Å². The third kappa shape index (κ3) is 38.9. The Balaban J connectivity index is 0.894. The van der Waals surface area contributed by atoms with E-state index in [4.69, 9.17) is 65.9 Å². The van der Waals surface area contributed by atoms with Crippen LogP contribution in [0.2, 0.25) is 0 Å². The second-order valence-electron chi connectivity index (χ2n) is 35.8. The van der Waals surface area contributed by atoms with Crippen LogP contribution in [0.15, 0.2) is 128 Å². The zero-order chi connectivity index (χ0) is 98.7. The van der Waals surface area contributed by atoms with E-state index in [2.05, 4.69) is 134 Å². The second kappa shape index (κ2) is 58.8. The average molecular weight is 1940 g/mol. The largest absolute Gasteiger partial charge is 0.756 e. The van der Waals surface area contributed by atoms with Crippen LogP contribution >= 0.6 is 15.6 Å². The van der Waals surface area contributed by atoms with E-state index in [1.165, 1.54) is 57.1 Å². The molecule has 0 radical (unpaired) electrons. The summed E-state index contributed by atoms with van der Waals surface area (Å²) in [7, 11) is -12.0. The number of allylic oxidation sites excluding steroid dienone is 21. The van der Waals surface area contributed by atoms with Gasteiger partial charge in [-0.15, -0.1) is 0 Å². The number of ether oxygens (including phenoxy) is 12. The third-order valence-corrected chi connectivity index (χ3v) is 26.8. The first kappa shape index (κ1) is 117. The van der Waals surface area contributed by atoms with Crippen molar-refractivity contribution in [2.75, 3.05) is 46.2 Å². The fourth-order valence-electron chi connectivity index (χ4n) is 15.6. The second-order valence-corrected chi connectivity index (χ2v) is 38.7. The van der Waals surface area contributed by atoms with E-state index in [9.17, 15) is 116 Å². The lowest BCUT2D eigenvalue weighted by atomic mass is 9.95. The number of rotatable bonds is 54. The van der Waals surface area contributed by atoms with Gasteiger partial charge in [0.2, 0.25) is 0 Å². The molecule has 40 heteroatoms. The van der Waals surface area contributed by atoms with Gasteiger partial charge in [0.15, 0.2) is 37.7 Å². The lowest BCUT2D eigenvalue weighted by molar-refractivity contribution is -0.389. The molecule has 0 amide bonds. The van der Waals surface area contributed by atoms with Gasteiger partial charge in [-0.25, -0.2) is 4.31 Å². The van der Waals surface area contributed by atoms with E-state index < -0.39 is 252 Å². The first-order valence-electron chi connectivity index (χ1n) is 46.0. The van der Waals surface area contributed by atoms with E-state index in [1.54, 1.807) is 6.08 Å². The van der Waals surface area contributed by atoms with Crippen LogP contribution in [0.1, 0.15) is 218 Å². The number of hydrogen-bond donors (Lipinski definition) is 18. The molecule has 38 nitrogen and oxygen atoms in total. The highest BCUT2D eigenvalue weighted by atomic mass is 31.3. The Bertz CT molecular complexity index is 3950. The molecule has 6 saturated heterocycles. The Morgan fingerprint density at radius 3 is 0.910 bits per heavy atom. The average Bonchev–Trinajstić information content (AvgIpc) is 0.780. The molecule has 0 aromatic carbocycles. The van der Waals surface area contributed by atoms with E-state index in [0.29, 0.717) is 18.4 Å². The van der Waals surface area contributed by atoms with E-state index in [0.717, 1.165) is 128 Å². The molecular weight excluding hydrogens is 1790 g/mol. The van der Waals surface area contributed by atoms with Crippen molar-refractivity contribution in [2.24, 2.45) is 0 Å². The fraction of sp³-hybridized carbons (Fsp3) is 0.753. The van der Waals surface area contributed by atoms with Gasteiger partial charge in [0, 0.05) is 6.92 Å². The Hall–Kier alpha value is -4.29. The summed E-state index contributed by atoms with van der Waals surface area (Å²) < 4.78 is 107. The number of carbonyl (C=O) groups excluding carboxylic acids is 1. The van der Waals surface area contributed by atoms with Crippen LogP contribution in [0, 0.1) is 0 Å². The molecule has 0 bridgehead atoms. The molecule has 6 aliphatic heterocycles. The van der Waals surface area contributed by atoms with Gasteiger partial charge in [-0.3, -0.25) is 18.4 Å². The molecule has 6 fully saturated rings. The standard InChI is InChI=1S/C93H154O38P2/c1-14-52(2)25-15-26-53(3)27-16-28-54(4)29-17-30-55(5)31-18-32-56(6)33-19-34-57(7)35-20-36-58(8)37-21-38-59(9)39-22-40-60(10)41-23-42-61(11)43-24-44-62(12)48-120-132(113,114)131-133(115,116)130-93-84(112)87(73(101)65(46-95)122-93)129-91-82(110)77(105)85(66(47-96)123-91)127-92-83(111)78(106)86(69(126-92)51-117-63(13)97)128-90-81(109)76(104)72(100)68(125-90)50-119-89-80(108)75(103)71(99)67(124-89)49-118-88-79(107)74(102)70(98)64(45-94)121-88/h14,26,28,30,32,34,36,38,40,42,44,64-96,98-112H,15-25,27,29,31,33,35,37,39,41,43,45-51H2,1-13H3,(H,113,114)(H,115,116)/p-2/b52-14-,53-26-,54-28-,55-30-,56-32-,57-34-,58-36-,59-38-,60-40+,61-42+,62-44+/t64-,65-,66-,67-,68-,69-,70-,71-,72-,73+,74+,75+,76+,77-,78-,79-,80-,81-,82-,83-,84-,85-,86-,87+,88-,89-,90+,91+,92+,93-/m1/s1. The van der Waals surface area contributed by atoms with Crippen molar-refractivity contribution in [3.8, 4) is 0 Å². The van der Waals surface area contributed by atoms with Crippen LogP contribution in [-0.2, 0) is 84.1 Å². The van der Waals surface area contributed by atoms with Gasteiger partial charge in [0.25, 0.3) is 15.6 Å². The molecule has 32 atom stereocenters. The fourth-order valence-corrected chi connectivity index (χ4v) is 17.7. The third-order valence-electron chi connectivity index (χ3n) is 24.3. The highest BCUT2D eigenvalue weighted by molar-refractivity contribution is 7.59. The molecule has 133 heavy (non-hydrogen) atoms. The Morgan fingerprint density at radius 2 is 0.564 bits per heavy atom. The van der Waals surface area contributed by atoms with E-state index in [-0.39, 0.29) is 0 Å². The maximum absolute atomic E-state index is 13.2. The van der Waals surface area contributed by atoms with Gasteiger partial charge in [-0.05, 0) is 212 Å². The maximum atomic E-state index is 13.2. The topological polar surface area (TPSA) is 600 Å². The minimum atomic E-state index is -6.16. The predicted octanol–water partition coefficient (Wildman–Crippen LogP) is 4.70. The molecule has 6 heterocycles. The number of esters is 1. The van der Waals surface area contributed by atoms with Gasteiger partial charge in [-0.2, -0.15) is 0 Å². The predicted molar refractivity (Wildman–Crippen MR) is 479 cm³/mol. The zero-order valence-corrected chi connectivity index (χ0v) is 80.7. The van der Waals surface area contributed by atoms with Gasteiger partial charge < -0.3 is 163 Å². The monoisotopic (exact) mass is 1940 g/mol. The van der Waals surface area contributed by atoms with Gasteiger partial charge in [0.05, 0.1) is 39.6 Å². The summed E-state index contributed by atoms with van der Waals surface area (Å²) in [6, 6.07) is 0. The van der Waals surface area contributed by atoms with Crippen LogP contribution in [-0.4, -0.2) is 328 Å². The Labute approximate surface area is 781 Å². The van der Waals surface area contributed by atoms with Crippen molar-refractivity contribution >= 4 is 21.6 Å². The molecule has 0 aliphatic carbocycles. The van der Waals surface area contributed by atoms with Crippen LogP contribution in [0.4, 0.5) is 0 Å². The molecule has 0 saturated carbocycles. The summed E-state index contributed by atoms with van der Waals surface area (Å²) in [5.41, 5.74) is 14.3. The minimum Gasteiger partial charge on any atom is -0.756 e. The van der Waals surface area contributed by atoms with Gasteiger partial charge in [0.1, 0.15) is 153 Å². The number of aliphatic hydroxyl groups excluding tert-OH is 18. The molecule has 0 spiro atoms. The van der Waals surface area contributed by atoms with Crippen molar-refractivity contribution < 1.29 is 186 Å². The van der Waals surface area contributed by atoms with Crippen LogP contribution in [0.25, 0.3) is 0 Å². The normalized spacial score (nSPS) is 35.3. The van der Waals surface area contributed by atoms with Crippen molar-refractivity contribution in [3.05, 3.63) is 128 Å². The van der Waals surface area contributed by atoms with Crippen molar-refractivity contribution in [2.45, 2.75) is 403 Å². The molecule has 6 rings (SSSR count). The number of carbonyl (C=O) groups is 1. The number of hydrogen-bond acceptors (Lipinski definition) is 38. The van der Waals surface area contributed by atoms with E-state index in [1.807, 2.05) is 6.92 Å². The summed E-state index contributed by atoms with van der Waals surface area (Å²) in [5.74, 6) is -0.959. The van der Waals surface area contributed by atoms with Crippen molar-refractivity contribution in [1.29, 1.82) is 0 Å². The summed E-state index contributed by atoms with van der Waals surface area (Å²) in [4.78, 5) is 38.3. The minimum absolute atomic E-state index is 0.383. The number of phosphoric acid groups is 2. The summed E-state index contributed by atoms with van der Waals surface area (Å²) in [6.07, 6.45) is -16.3. The van der Waals surface area contributed by atoms with Crippen LogP contribution in [0.3, 0.4) is 0 Å². The number of aliphatic hydroxyl groups is 18. The smallest absolute Gasteiger partial charge is 0.302 e. The summed E-state index contributed by atoms with van der Waals surface area (Å²) in [5, 5.41) is 195. The highest BCUT2D eigenvalue weighted by Gasteiger charge is 2.57. The van der Waals surface area contributed by atoms with Crippen molar-refractivity contribution in [1.82, 2.24) is 0 Å². The lowest BCUT2D eigenvalue weighted by Crippen LogP contribution is -2.67. The lowest BCUT2D eigenvalue weighted by Gasteiger charge is -2.49. The summed E-state index contributed by atoms with van der Waals surface area (Å²) >= 11 is 0. The van der Waals surface area contributed by atoms with Crippen LogP contribution < -0.4 is 9.79 Å². The Kier molecular flexibility index (Phi) is 51.9. The first-order valence-corrected chi connectivity index (χ1v) is 48.9. The SMILES string of the molecule is C/C=C(/C)CC/C=C(/C)CC/C=C(/C)CC/C=C(/C)CC/C=C(/C)CC/C=C(/C)CC/C=C(/C)CC/C=C(/C)CC/C=C(\C)CC/C=C(\C)CC/C=C(\C)COP(=O)([O-])OP(=O)([O-])O[C@H]1O[C@H](CO)[C@H](O)[C@H](O[C@@H]2O[C@H](CO)[C@@H](O[C@@H]3O[C@H](COC(C)=O)[C@@H](O[C@@H]4O[C@H](CO[C@@H]5O[C@H](CO[C@@H]6O[C@H](CO)[C@@H](O)[C@H](O)[C@H]6O)[C@@H](O)[C@H](O)[C@H]5O)[C@@H](O)[C@H](O)[C@H]4O)[C@H](O)[C@H]3O)[C@H](O)[C@H]2O)[C@H]1O. The quantitative estimate of drug-likeness (QED) is 0.0223. The van der Waals surface area contributed by atoms with Gasteiger partial charge >= 0.3 is 5.97 Å². The molecule has 2 unspecified atom stereocenters. The molecule has 0 aromatic rings. The molecule has 0 aromatic heterocycles. The first-order chi connectivity index (χ1) is 62.8. The Morgan fingerprint density at radius 1 is 0.293 bits per heavy atom. The van der Waals surface area contributed by atoms with E-state index >= 15 is 0 Å². The molecule has 6 aliphatic rings. The zero-order valence-electron chi connectivity index (χ0n) is 78.9. The van der Waals surface area contributed by atoms with Crippen molar-refractivity contribution in [3.63, 3.8) is 0 Å². The molecule has 764 valence electrons. The number of phosphoric ester groups is 2. The maximum Gasteiger partial charge on any atom is 0.302 e.